The molecule has 1 heterocycles. The van der Waals surface area contributed by atoms with Crippen molar-refractivity contribution in [2.45, 2.75) is 19.3 Å². The van der Waals surface area contributed by atoms with E-state index >= 15 is 0 Å². The normalized spacial score (nSPS) is 19.4. The number of hydrogen-bond acceptors (Lipinski definition) is 3. The van der Waals surface area contributed by atoms with E-state index in [0.717, 1.165) is 30.3 Å². The molecule has 0 aromatic heterocycles. The van der Waals surface area contributed by atoms with Crippen LogP contribution in [0.3, 0.4) is 0 Å². The van der Waals surface area contributed by atoms with E-state index in [0.29, 0.717) is 18.7 Å². The van der Waals surface area contributed by atoms with E-state index in [4.69, 9.17) is 0 Å². The topological polar surface area (TPSA) is 90.5 Å². The Morgan fingerprint density at radius 1 is 1.08 bits per heavy atom. The lowest BCUT2D eigenvalue weighted by atomic mass is 10.1. The van der Waals surface area contributed by atoms with Crippen LogP contribution in [0.15, 0.2) is 28.7 Å². The molecule has 3 rings (SSSR count). The Hall–Kier alpha value is -2.09. The number of nitrogens with zero attached hydrogens (tertiary/aromatic N) is 1. The maximum absolute atomic E-state index is 12.0. The average molecular weight is 409 g/mol. The third kappa shape index (κ3) is 4.94. The van der Waals surface area contributed by atoms with Crippen molar-refractivity contribution in [3.63, 3.8) is 0 Å². The molecular formula is C17H21BrN4O3. The predicted octanol–water partition coefficient (Wildman–Crippen LogP) is 1.65. The predicted molar refractivity (Wildman–Crippen MR) is 95.6 cm³/mol. The first-order chi connectivity index (χ1) is 12.0. The van der Waals surface area contributed by atoms with Gasteiger partial charge in [0.15, 0.2) is 0 Å². The molecular weight excluding hydrogens is 388 g/mol. The number of carbonyl (C=O) groups is 3. The smallest absolute Gasteiger partial charge is 0.333 e. The summed E-state index contributed by atoms with van der Waals surface area (Å²) in [6.07, 6.45) is 2.92. The maximum atomic E-state index is 12.0. The molecule has 1 aromatic rings. The van der Waals surface area contributed by atoms with Crippen molar-refractivity contribution < 1.29 is 14.4 Å². The van der Waals surface area contributed by atoms with Gasteiger partial charge >= 0.3 is 6.03 Å². The second-order valence-electron chi connectivity index (χ2n) is 6.51. The van der Waals surface area contributed by atoms with E-state index < -0.39 is 6.03 Å². The van der Waals surface area contributed by atoms with E-state index in [1.165, 1.54) is 0 Å². The lowest BCUT2D eigenvalue weighted by molar-refractivity contribution is -0.131. The SMILES string of the molecule is O=C(NC[C@@H]1CCN(C(=O)C2CC2)C1)NNC(=O)c1ccc(Br)cc1. The molecule has 0 bridgehead atoms. The summed E-state index contributed by atoms with van der Waals surface area (Å²) in [5.74, 6) is 0.373. The number of benzene rings is 1. The minimum atomic E-state index is -0.461. The Morgan fingerprint density at radius 3 is 2.48 bits per heavy atom. The molecule has 3 N–H and O–H groups in total. The van der Waals surface area contributed by atoms with Gasteiger partial charge in [-0.2, -0.15) is 0 Å². The van der Waals surface area contributed by atoms with E-state index in [2.05, 4.69) is 32.1 Å². The van der Waals surface area contributed by atoms with Gasteiger partial charge in [-0.25, -0.2) is 10.2 Å². The van der Waals surface area contributed by atoms with Gasteiger partial charge in [0.2, 0.25) is 5.91 Å². The van der Waals surface area contributed by atoms with Crippen molar-refractivity contribution in [2.24, 2.45) is 11.8 Å². The van der Waals surface area contributed by atoms with E-state index in [1.54, 1.807) is 24.3 Å². The minimum Gasteiger partial charge on any atom is -0.342 e. The highest BCUT2D eigenvalue weighted by Crippen LogP contribution is 2.32. The third-order valence-electron chi connectivity index (χ3n) is 4.47. The summed E-state index contributed by atoms with van der Waals surface area (Å²) in [5, 5.41) is 2.73. The quantitative estimate of drug-likeness (QED) is 0.661. The molecule has 0 spiro atoms. The maximum Gasteiger partial charge on any atom is 0.333 e. The molecule has 1 atom stereocenters. The summed E-state index contributed by atoms with van der Waals surface area (Å²) in [4.78, 5) is 37.6. The molecule has 1 aliphatic heterocycles. The zero-order valence-corrected chi connectivity index (χ0v) is 15.3. The first-order valence-electron chi connectivity index (χ1n) is 8.41. The summed E-state index contributed by atoms with van der Waals surface area (Å²) in [6, 6.07) is 6.36. The van der Waals surface area contributed by atoms with Crippen LogP contribution < -0.4 is 16.2 Å². The molecule has 1 saturated heterocycles. The van der Waals surface area contributed by atoms with Gasteiger partial charge in [0.05, 0.1) is 0 Å². The molecule has 2 aliphatic rings. The lowest BCUT2D eigenvalue weighted by Gasteiger charge is -2.16. The number of rotatable bonds is 4. The fourth-order valence-corrected chi connectivity index (χ4v) is 3.12. The summed E-state index contributed by atoms with van der Waals surface area (Å²) >= 11 is 3.30. The first-order valence-corrected chi connectivity index (χ1v) is 9.21. The van der Waals surface area contributed by atoms with Crippen LogP contribution in [0, 0.1) is 11.8 Å². The standard InChI is InChI=1S/C17H21BrN4O3/c18-14-5-3-12(4-6-14)15(23)20-21-17(25)19-9-11-7-8-22(10-11)16(24)13-1-2-13/h3-6,11,13H,1-2,7-10H2,(H,20,23)(H2,19,21,25)/t11-/m0/s1. The second kappa shape index (κ2) is 7.86. The molecule has 134 valence electrons. The Bertz CT molecular complexity index is 660. The van der Waals surface area contributed by atoms with Gasteiger partial charge in [-0.15, -0.1) is 0 Å². The van der Waals surface area contributed by atoms with Crippen molar-refractivity contribution in [1.82, 2.24) is 21.1 Å². The fourth-order valence-electron chi connectivity index (χ4n) is 2.86. The van der Waals surface area contributed by atoms with Crippen LogP contribution in [0.25, 0.3) is 0 Å². The van der Waals surface area contributed by atoms with Crippen molar-refractivity contribution in [1.29, 1.82) is 0 Å². The number of halogens is 1. The number of carbonyl (C=O) groups excluding carboxylic acids is 3. The molecule has 7 nitrogen and oxygen atoms in total. The van der Waals surface area contributed by atoms with Gasteiger partial charge in [-0.1, -0.05) is 15.9 Å². The minimum absolute atomic E-state index is 0.240. The Labute approximate surface area is 154 Å². The molecule has 0 radical (unpaired) electrons. The largest absolute Gasteiger partial charge is 0.342 e. The summed E-state index contributed by atoms with van der Waals surface area (Å²) in [5.41, 5.74) is 5.16. The first kappa shape index (κ1) is 17.7. The zero-order valence-electron chi connectivity index (χ0n) is 13.8. The highest BCUT2D eigenvalue weighted by atomic mass is 79.9. The molecule has 0 unspecified atom stereocenters. The van der Waals surface area contributed by atoms with Crippen LogP contribution in [0.5, 0.6) is 0 Å². The van der Waals surface area contributed by atoms with E-state index in [-0.39, 0.29) is 23.7 Å². The lowest BCUT2D eigenvalue weighted by Crippen LogP contribution is -2.48. The van der Waals surface area contributed by atoms with Gasteiger partial charge in [-0.05, 0) is 49.4 Å². The summed E-state index contributed by atoms with van der Waals surface area (Å²) in [7, 11) is 0. The number of urea groups is 1. The third-order valence-corrected chi connectivity index (χ3v) is 5.00. The van der Waals surface area contributed by atoms with Crippen molar-refractivity contribution in [3.05, 3.63) is 34.3 Å². The van der Waals surface area contributed by atoms with Gasteiger partial charge < -0.3 is 10.2 Å². The van der Waals surface area contributed by atoms with Crippen molar-refractivity contribution in [3.8, 4) is 0 Å². The van der Waals surface area contributed by atoms with E-state index in [9.17, 15) is 14.4 Å². The number of amides is 4. The van der Waals surface area contributed by atoms with Gasteiger partial charge in [0.25, 0.3) is 5.91 Å². The monoisotopic (exact) mass is 408 g/mol. The van der Waals surface area contributed by atoms with Crippen LogP contribution >= 0.6 is 15.9 Å². The highest BCUT2D eigenvalue weighted by molar-refractivity contribution is 9.10. The van der Waals surface area contributed by atoms with Gasteiger partial charge in [-0.3, -0.25) is 15.0 Å². The fraction of sp³-hybridized carbons (Fsp3) is 0.471. The van der Waals surface area contributed by atoms with Crippen molar-refractivity contribution in [2.75, 3.05) is 19.6 Å². The van der Waals surface area contributed by atoms with Crippen LogP contribution in [-0.2, 0) is 4.79 Å². The molecule has 25 heavy (non-hydrogen) atoms. The van der Waals surface area contributed by atoms with E-state index in [1.807, 2.05) is 4.90 Å². The summed E-state index contributed by atoms with van der Waals surface area (Å²) in [6.45, 7) is 1.94. The van der Waals surface area contributed by atoms with Crippen LogP contribution in [-0.4, -0.2) is 42.4 Å². The Balaban J connectivity index is 1.35. The van der Waals surface area contributed by atoms with Gasteiger partial charge in [0.1, 0.15) is 0 Å². The zero-order chi connectivity index (χ0) is 17.8. The highest BCUT2D eigenvalue weighted by Gasteiger charge is 2.36. The Kier molecular flexibility index (Phi) is 5.57. The van der Waals surface area contributed by atoms with Crippen LogP contribution in [0.2, 0.25) is 0 Å². The molecule has 2 fully saturated rings. The second-order valence-corrected chi connectivity index (χ2v) is 7.42. The molecule has 1 aliphatic carbocycles. The molecule has 8 heteroatoms. The van der Waals surface area contributed by atoms with Crippen LogP contribution in [0.4, 0.5) is 4.79 Å². The summed E-state index contributed by atoms with van der Waals surface area (Å²) < 4.78 is 0.875. The number of hydrazine groups is 1. The molecule has 1 aromatic carbocycles. The van der Waals surface area contributed by atoms with Crippen LogP contribution in [0.1, 0.15) is 29.6 Å². The number of likely N-dealkylation sites (tertiary alicyclic amines) is 1. The molecule has 1 saturated carbocycles. The van der Waals surface area contributed by atoms with Crippen molar-refractivity contribution >= 4 is 33.8 Å². The average Bonchev–Trinajstić information content (AvgIpc) is 3.36. The van der Waals surface area contributed by atoms with Gasteiger partial charge in [0, 0.05) is 35.6 Å². The number of hydrogen-bond donors (Lipinski definition) is 3. The Morgan fingerprint density at radius 2 is 1.80 bits per heavy atom. The number of nitrogens with one attached hydrogen (secondary N) is 3. The molecule has 4 amide bonds.